The van der Waals surface area contributed by atoms with Gasteiger partial charge in [0.15, 0.2) is 0 Å². The lowest BCUT2D eigenvalue weighted by atomic mass is 9.98. The van der Waals surface area contributed by atoms with E-state index in [1.807, 2.05) is 24.3 Å². The molecule has 2 rings (SSSR count). The molecular weight excluding hydrogens is 307 g/mol. The first-order valence-electron chi connectivity index (χ1n) is 6.74. The third kappa shape index (κ3) is 4.19. The van der Waals surface area contributed by atoms with Gasteiger partial charge in [-0.25, -0.2) is 4.98 Å². The molecule has 0 saturated heterocycles. The highest BCUT2D eigenvalue weighted by Crippen LogP contribution is 2.21. The molecule has 0 spiro atoms. The minimum absolute atomic E-state index is 0.194. The summed E-state index contributed by atoms with van der Waals surface area (Å²) < 4.78 is 0. The molecule has 1 aromatic carbocycles. The maximum absolute atomic E-state index is 12.1. The van der Waals surface area contributed by atoms with Crippen LogP contribution in [-0.2, 0) is 0 Å². The molecule has 0 aliphatic carbocycles. The first-order valence-corrected chi connectivity index (χ1v) is 7.49. The molecular formula is C16H16Cl2N2O. The van der Waals surface area contributed by atoms with Crippen LogP contribution in [0.1, 0.15) is 42.1 Å². The van der Waals surface area contributed by atoms with Crippen molar-refractivity contribution in [3.8, 4) is 0 Å². The second kappa shape index (κ2) is 6.92. The Morgan fingerprint density at radius 2 is 1.76 bits per heavy atom. The molecule has 1 atom stereocenters. The Labute approximate surface area is 134 Å². The van der Waals surface area contributed by atoms with Crippen molar-refractivity contribution in [2.45, 2.75) is 26.2 Å². The Morgan fingerprint density at radius 3 is 2.29 bits per heavy atom. The topological polar surface area (TPSA) is 42.0 Å². The van der Waals surface area contributed by atoms with Gasteiger partial charge in [-0.3, -0.25) is 4.79 Å². The molecule has 0 aliphatic rings. The molecule has 1 heterocycles. The second-order valence-electron chi connectivity index (χ2n) is 4.89. The molecule has 110 valence electrons. The van der Waals surface area contributed by atoms with Gasteiger partial charge in [-0.15, -0.1) is 0 Å². The third-order valence-electron chi connectivity index (χ3n) is 3.37. The second-order valence-corrected chi connectivity index (χ2v) is 5.66. The van der Waals surface area contributed by atoms with Gasteiger partial charge in [0, 0.05) is 11.3 Å². The molecule has 2 aromatic rings. The summed E-state index contributed by atoms with van der Waals surface area (Å²) in [5.41, 5.74) is 2.37. The number of pyridine rings is 1. The molecule has 3 nitrogen and oxygen atoms in total. The predicted molar refractivity (Wildman–Crippen MR) is 87.4 cm³/mol. The van der Waals surface area contributed by atoms with Crippen molar-refractivity contribution in [1.82, 2.24) is 4.98 Å². The van der Waals surface area contributed by atoms with Gasteiger partial charge in [0.05, 0.1) is 0 Å². The van der Waals surface area contributed by atoms with Gasteiger partial charge in [0.2, 0.25) is 0 Å². The Hall–Kier alpha value is -1.58. The van der Waals surface area contributed by atoms with Gasteiger partial charge in [-0.05, 0) is 42.2 Å². The van der Waals surface area contributed by atoms with Crippen molar-refractivity contribution >= 4 is 34.8 Å². The highest BCUT2D eigenvalue weighted by Gasteiger charge is 2.09. The summed E-state index contributed by atoms with van der Waals surface area (Å²) in [5, 5.41) is 3.20. The maximum Gasteiger partial charge on any atom is 0.255 e. The van der Waals surface area contributed by atoms with E-state index < -0.39 is 0 Å². The molecule has 0 fully saturated rings. The number of hydrogen-bond donors (Lipinski definition) is 1. The van der Waals surface area contributed by atoms with Crippen LogP contribution < -0.4 is 5.32 Å². The van der Waals surface area contributed by atoms with Gasteiger partial charge in [0.1, 0.15) is 10.3 Å². The number of nitrogens with one attached hydrogen (secondary N) is 1. The number of nitrogens with zero attached hydrogens (tertiary/aromatic N) is 1. The lowest BCUT2D eigenvalue weighted by Crippen LogP contribution is -2.12. The molecule has 5 heteroatoms. The van der Waals surface area contributed by atoms with Crippen molar-refractivity contribution in [2.24, 2.45) is 0 Å². The fourth-order valence-electron chi connectivity index (χ4n) is 1.93. The average molecular weight is 323 g/mol. The van der Waals surface area contributed by atoms with Gasteiger partial charge in [0.25, 0.3) is 5.91 Å². The lowest BCUT2D eigenvalue weighted by Gasteiger charge is -2.10. The van der Waals surface area contributed by atoms with Crippen LogP contribution in [0.2, 0.25) is 10.3 Å². The smallest absolute Gasteiger partial charge is 0.255 e. The standard InChI is InChI=1S/C16H16Cl2N2O/c1-3-10(2)11-4-6-13(7-5-11)19-16(21)12-8-14(17)20-15(18)9-12/h4-10H,3H2,1-2H3,(H,19,21). The molecule has 0 bridgehead atoms. The first-order chi connectivity index (χ1) is 9.99. The first kappa shape index (κ1) is 15.8. The molecule has 1 unspecified atom stereocenters. The van der Waals surface area contributed by atoms with Crippen molar-refractivity contribution in [1.29, 1.82) is 0 Å². The highest BCUT2D eigenvalue weighted by atomic mass is 35.5. The summed E-state index contributed by atoms with van der Waals surface area (Å²) in [6.45, 7) is 4.33. The van der Waals surface area contributed by atoms with Crippen molar-refractivity contribution in [3.05, 3.63) is 57.8 Å². The van der Waals surface area contributed by atoms with Gasteiger partial charge >= 0.3 is 0 Å². The quantitative estimate of drug-likeness (QED) is 0.790. The number of hydrogen-bond acceptors (Lipinski definition) is 2. The van der Waals surface area contributed by atoms with Crippen LogP contribution in [-0.4, -0.2) is 10.9 Å². The minimum atomic E-state index is -0.266. The number of aromatic nitrogens is 1. The van der Waals surface area contributed by atoms with Crippen molar-refractivity contribution < 1.29 is 4.79 Å². The van der Waals surface area contributed by atoms with Crippen LogP contribution >= 0.6 is 23.2 Å². The summed E-state index contributed by atoms with van der Waals surface area (Å²) in [6.07, 6.45) is 1.08. The molecule has 1 N–H and O–H groups in total. The summed E-state index contributed by atoms with van der Waals surface area (Å²) in [4.78, 5) is 16.0. The van der Waals surface area contributed by atoms with Crippen LogP contribution in [0.15, 0.2) is 36.4 Å². The van der Waals surface area contributed by atoms with E-state index in [9.17, 15) is 4.79 Å². The Balaban J connectivity index is 2.12. The van der Waals surface area contributed by atoms with Crippen LogP contribution in [0.5, 0.6) is 0 Å². The average Bonchev–Trinajstić information content (AvgIpc) is 2.46. The molecule has 0 radical (unpaired) electrons. The SMILES string of the molecule is CCC(C)c1ccc(NC(=O)c2cc(Cl)nc(Cl)c2)cc1. The monoisotopic (exact) mass is 322 g/mol. The fraction of sp³-hybridized carbons (Fsp3) is 0.250. The van der Waals surface area contributed by atoms with Crippen LogP contribution in [0.4, 0.5) is 5.69 Å². The van der Waals surface area contributed by atoms with Crippen LogP contribution in [0.25, 0.3) is 0 Å². The number of anilines is 1. The zero-order chi connectivity index (χ0) is 15.4. The van der Waals surface area contributed by atoms with E-state index in [4.69, 9.17) is 23.2 Å². The molecule has 0 saturated carbocycles. The highest BCUT2D eigenvalue weighted by molar-refractivity contribution is 6.33. The van der Waals surface area contributed by atoms with Crippen molar-refractivity contribution in [3.63, 3.8) is 0 Å². The fourth-order valence-corrected chi connectivity index (χ4v) is 2.39. The Kier molecular flexibility index (Phi) is 5.21. The molecule has 21 heavy (non-hydrogen) atoms. The number of halogens is 2. The zero-order valence-corrected chi connectivity index (χ0v) is 13.4. The number of rotatable bonds is 4. The summed E-state index contributed by atoms with van der Waals surface area (Å²) in [5.74, 6) is 0.241. The van der Waals surface area contributed by atoms with E-state index in [0.717, 1.165) is 12.1 Å². The number of carbonyl (C=O) groups is 1. The minimum Gasteiger partial charge on any atom is -0.322 e. The van der Waals surface area contributed by atoms with E-state index in [2.05, 4.69) is 24.1 Å². The normalized spacial score (nSPS) is 12.0. The predicted octanol–water partition coefficient (Wildman–Crippen LogP) is 5.15. The summed E-state index contributed by atoms with van der Waals surface area (Å²) in [7, 11) is 0. The number of amides is 1. The van der Waals surface area contributed by atoms with Crippen molar-refractivity contribution in [2.75, 3.05) is 5.32 Å². The van der Waals surface area contributed by atoms with E-state index in [-0.39, 0.29) is 16.2 Å². The molecule has 1 amide bonds. The summed E-state index contributed by atoms with van der Waals surface area (Å²) >= 11 is 11.6. The van der Waals surface area contributed by atoms with Crippen LogP contribution in [0, 0.1) is 0 Å². The van der Waals surface area contributed by atoms with E-state index >= 15 is 0 Å². The molecule has 1 aromatic heterocycles. The van der Waals surface area contributed by atoms with Gasteiger partial charge in [-0.2, -0.15) is 0 Å². The maximum atomic E-state index is 12.1. The van der Waals surface area contributed by atoms with E-state index in [1.54, 1.807) is 0 Å². The zero-order valence-electron chi connectivity index (χ0n) is 11.9. The van der Waals surface area contributed by atoms with Gasteiger partial charge < -0.3 is 5.32 Å². The Bertz CT molecular complexity index is 621. The molecule has 0 aliphatic heterocycles. The largest absolute Gasteiger partial charge is 0.322 e. The van der Waals surface area contributed by atoms with Gasteiger partial charge in [-0.1, -0.05) is 49.2 Å². The third-order valence-corrected chi connectivity index (χ3v) is 3.76. The van der Waals surface area contributed by atoms with E-state index in [0.29, 0.717) is 11.5 Å². The summed E-state index contributed by atoms with van der Waals surface area (Å²) in [6, 6.07) is 10.8. The van der Waals surface area contributed by atoms with Crippen LogP contribution in [0.3, 0.4) is 0 Å². The number of benzene rings is 1. The lowest BCUT2D eigenvalue weighted by molar-refractivity contribution is 0.102. The Morgan fingerprint density at radius 1 is 1.19 bits per heavy atom. The number of carbonyl (C=O) groups excluding carboxylic acids is 1. The van der Waals surface area contributed by atoms with E-state index in [1.165, 1.54) is 17.7 Å².